The van der Waals surface area contributed by atoms with E-state index in [2.05, 4.69) is 11.2 Å². The number of nitrogens with zero attached hydrogens (tertiary/aromatic N) is 1. The highest BCUT2D eigenvalue weighted by molar-refractivity contribution is 6.02. The van der Waals surface area contributed by atoms with Gasteiger partial charge in [0.25, 0.3) is 0 Å². The summed E-state index contributed by atoms with van der Waals surface area (Å²) in [6.07, 6.45) is 4.13. The zero-order valence-electron chi connectivity index (χ0n) is 8.86. The fraction of sp³-hybridized carbons (Fsp3) is 0.417. The van der Waals surface area contributed by atoms with Crippen LogP contribution in [0.4, 0.5) is 0 Å². The van der Waals surface area contributed by atoms with E-state index < -0.39 is 0 Å². The topological polar surface area (TPSA) is 41.8 Å². The first-order valence-corrected chi connectivity index (χ1v) is 5.23. The number of rotatable bonds is 1. The summed E-state index contributed by atoms with van der Waals surface area (Å²) in [5.41, 5.74) is 3.07. The maximum atomic E-state index is 8.97. The van der Waals surface area contributed by atoms with Gasteiger partial charge in [-0.1, -0.05) is 11.2 Å². The van der Waals surface area contributed by atoms with E-state index in [-0.39, 0.29) is 0 Å². The lowest BCUT2D eigenvalue weighted by Gasteiger charge is -2.08. The summed E-state index contributed by atoms with van der Waals surface area (Å²) < 4.78 is 5.18. The van der Waals surface area contributed by atoms with E-state index in [9.17, 15) is 0 Å². The number of hydrogen-bond acceptors (Lipinski definition) is 3. The Morgan fingerprint density at radius 3 is 2.80 bits per heavy atom. The Hall–Kier alpha value is -1.51. The van der Waals surface area contributed by atoms with E-state index in [1.807, 2.05) is 12.1 Å². The molecule has 0 fully saturated rings. The SMILES string of the molecule is COc1ccc2c(c1)/C(=N/O)CCCC2. The quantitative estimate of drug-likeness (QED) is 0.435. The van der Waals surface area contributed by atoms with E-state index in [0.29, 0.717) is 0 Å². The maximum Gasteiger partial charge on any atom is 0.119 e. The van der Waals surface area contributed by atoms with Gasteiger partial charge in [-0.2, -0.15) is 0 Å². The Kier molecular flexibility index (Phi) is 2.90. The van der Waals surface area contributed by atoms with Crippen molar-refractivity contribution in [3.8, 4) is 5.75 Å². The molecule has 2 rings (SSSR count). The van der Waals surface area contributed by atoms with Crippen molar-refractivity contribution < 1.29 is 9.94 Å². The minimum absolute atomic E-state index is 0.779. The summed E-state index contributed by atoms with van der Waals surface area (Å²) >= 11 is 0. The lowest BCUT2D eigenvalue weighted by atomic mass is 10.0. The van der Waals surface area contributed by atoms with Gasteiger partial charge in [-0.05, 0) is 43.4 Å². The van der Waals surface area contributed by atoms with Crippen LogP contribution in [0.15, 0.2) is 23.4 Å². The Balaban J connectivity index is 2.48. The third-order valence-electron chi connectivity index (χ3n) is 2.86. The van der Waals surface area contributed by atoms with Gasteiger partial charge < -0.3 is 9.94 Å². The second kappa shape index (κ2) is 4.34. The van der Waals surface area contributed by atoms with Crippen molar-refractivity contribution in [2.24, 2.45) is 5.16 Å². The highest BCUT2D eigenvalue weighted by Crippen LogP contribution is 2.25. The summed E-state index contributed by atoms with van der Waals surface area (Å²) in [5.74, 6) is 0.816. The van der Waals surface area contributed by atoms with Crippen LogP contribution in [0.3, 0.4) is 0 Å². The van der Waals surface area contributed by atoms with Crippen molar-refractivity contribution in [1.82, 2.24) is 0 Å². The molecule has 0 saturated carbocycles. The van der Waals surface area contributed by atoms with Crippen molar-refractivity contribution in [3.63, 3.8) is 0 Å². The number of benzene rings is 1. The minimum atomic E-state index is 0.779. The molecule has 0 unspecified atom stereocenters. The summed E-state index contributed by atoms with van der Waals surface area (Å²) in [7, 11) is 1.65. The van der Waals surface area contributed by atoms with Crippen LogP contribution in [0.5, 0.6) is 5.75 Å². The monoisotopic (exact) mass is 205 g/mol. The van der Waals surface area contributed by atoms with Crippen LogP contribution in [0.1, 0.15) is 30.4 Å². The van der Waals surface area contributed by atoms with Crippen LogP contribution >= 0.6 is 0 Å². The van der Waals surface area contributed by atoms with Crippen molar-refractivity contribution in [2.75, 3.05) is 7.11 Å². The first kappa shape index (κ1) is 10.0. The smallest absolute Gasteiger partial charge is 0.119 e. The Morgan fingerprint density at radius 2 is 2.07 bits per heavy atom. The highest BCUT2D eigenvalue weighted by atomic mass is 16.5. The Bertz CT molecular complexity index is 385. The molecule has 3 heteroatoms. The number of aryl methyl sites for hydroxylation is 1. The minimum Gasteiger partial charge on any atom is -0.497 e. The molecule has 80 valence electrons. The van der Waals surface area contributed by atoms with E-state index >= 15 is 0 Å². The first-order chi connectivity index (χ1) is 7.35. The fourth-order valence-corrected chi connectivity index (χ4v) is 2.02. The second-order valence-electron chi connectivity index (χ2n) is 3.78. The molecule has 0 bridgehead atoms. The molecular formula is C12H15NO2. The second-order valence-corrected chi connectivity index (χ2v) is 3.78. The Morgan fingerprint density at radius 1 is 1.27 bits per heavy atom. The standard InChI is InChI=1S/C12H15NO2/c1-15-10-7-6-9-4-2-3-5-12(13-14)11(9)8-10/h6-8,14H,2-5H2,1H3/b13-12+. The average Bonchev–Trinajstić information content (AvgIpc) is 2.49. The third kappa shape index (κ3) is 1.96. The number of methoxy groups -OCH3 is 1. The lowest BCUT2D eigenvalue weighted by Crippen LogP contribution is -2.02. The summed E-state index contributed by atoms with van der Waals surface area (Å²) in [6.45, 7) is 0. The molecule has 15 heavy (non-hydrogen) atoms. The van der Waals surface area contributed by atoms with Crippen LogP contribution in [0.2, 0.25) is 0 Å². The molecule has 0 aromatic heterocycles. The molecule has 0 radical (unpaired) electrons. The summed E-state index contributed by atoms with van der Waals surface area (Å²) in [5, 5.41) is 12.4. The summed E-state index contributed by atoms with van der Waals surface area (Å²) in [4.78, 5) is 0. The average molecular weight is 205 g/mol. The van der Waals surface area contributed by atoms with Crippen LogP contribution < -0.4 is 4.74 Å². The van der Waals surface area contributed by atoms with Crippen molar-refractivity contribution in [1.29, 1.82) is 0 Å². The third-order valence-corrected chi connectivity index (χ3v) is 2.86. The van der Waals surface area contributed by atoms with Crippen LogP contribution in [-0.2, 0) is 6.42 Å². The van der Waals surface area contributed by atoms with Gasteiger partial charge in [0.2, 0.25) is 0 Å². The zero-order valence-corrected chi connectivity index (χ0v) is 8.86. The lowest BCUT2D eigenvalue weighted by molar-refractivity contribution is 0.318. The van der Waals surface area contributed by atoms with E-state index in [1.54, 1.807) is 7.11 Å². The fourth-order valence-electron chi connectivity index (χ4n) is 2.02. The van der Waals surface area contributed by atoms with E-state index in [0.717, 1.165) is 42.7 Å². The summed E-state index contributed by atoms with van der Waals surface area (Å²) in [6, 6.07) is 5.97. The molecule has 1 aliphatic rings. The molecule has 0 atom stereocenters. The van der Waals surface area contributed by atoms with Gasteiger partial charge in [0.05, 0.1) is 12.8 Å². The van der Waals surface area contributed by atoms with Gasteiger partial charge >= 0.3 is 0 Å². The number of ether oxygens (including phenoxy) is 1. The largest absolute Gasteiger partial charge is 0.497 e. The van der Waals surface area contributed by atoms with Crippen LogP contribution in [0, 0.1) is 0 Å². The molecule has 1 aromatic carbocycles. The number of oxime groups is 1. The molecule has 0 saturated heterocycles. The maximum absolute atomic E-state index is 8.97. The molecule has 1 aliphatic carbocycles. The van der Waals surface area contributed by atoms with Gasteiger partial charge in [0, 0.05) is 5.56 Å². The number of hydrogen-bond donors (Lipinski definition) is 1. The molecule has 3 nitrogen and oxygen atoms in total. The van der Waals surface area contributed by atoms with Gasteiger partial charge in [0.1, 0.15) is 5.75 Å². The van der Waals surface area contributed by atoms with Crippen molar-refractivity contribution in [2.45, 2.75) is 25.7 Å². The van der Waals surface area contributed by atoms with Crippen LogP contribution in [0.25, 0.3) is 0 Å². The molecule has 0 amide bonds. The predicted octanol–water partition coefficient (Wildman–Crippen LogP) is 2.60. The van der Waals surface area contributed by atoms with Crippen molar-refractivity contribution >= 4 is 5.71 Å². The normalized spacial score (nSPS) is 18.3. The van der Waals surface area contributed by atoms with Gasteiger partial charge in [-0.25, -0.2) is 0 Å². The molecule has 1 N–H and O–H groups in total. The van der Waals surface area contributed by atoms with E-state index in [1.165, 1.54) is 5.56 Å². The van der Waals surface area contributed by atoms with Crippen LogP contribution in [-0.4, -0.2) is 18.0 Å². The van der Waals surface area contributed by atoms with Gasteiger partial charge in [-0.15, -0.1) is 0 Å². The molecular weight excluding hydrogens is 190 g/mol. The molecule has 1 aromatic rings. The Labute approximate surface area is 89.4 Å². The zero-order chi connectivity index (χ0) is 10.7. The number of fused-ring (bicyclic) bond motifs is 1. The van der Waals surface area contributed by atoms with Gasteiger partial charge in [-0.3, -0.25) is 0 Å². The van der Waals surface area contributed by atoms with Crippen molar-refractivity contribution in [3.05, 3.63) is 29.3 Å². The molecule has 0 heterocycles. The first-order valence-electron chi connectivity index (χ1n) is 5.23. The molecule has 0 aliphatic heterocycles. The highest BCUT2D eigenvalue weighted by Gasteiger charge is 2.14. The molecule has 0 spiro atoms. The predicted molar refractivity (Wildman–Crippen MR) is 58.9 cm³/mol. The van der Waals surface area contributed by atoms with E-state index in [4.69, 9.17) is 9.94 Å². The van der Waals surface area contributed by atoms with Gasteiger partial charge in [0.15, 0.2) is 0 Å².